The normalized spacial score (nSPS) is 16.0. The summed E-state index contributed by atoms with van der Waals surface area (Å²) in [5.74, 6) is 0.261. The number of amides is 2. The van der Waals surface area contributed by atoms with Gasteiger partial charge in [0.25, 0.3) is 0 Å². The highest BCUT2D eigenvalue weighted by Gasteiger charge is 2.34. The molecule has 0 aliphatic carbocycles. The van der Waals surface area contributed by atoms with Crippen molar-refractivity contribution in [3.8, 4) is 0 Å². The molecule has 0 spiro atoms. The molecule has 2 amide bonds. The molecule has 1 aliphatic heterocycles. The fraction of sp³-hybridized carbons (Fsp3) is 0.500. The average Bonchev–Trinajstić information content (AvgIpc) is 2.44. The van der Waals surface area contributed by atoms with E-state index >= 15 is 0 Å². The minimum Gasteiger partial charge on any atom is -0.338 e. The van der Waals surface area contributed by atoms with E-state index in [-0.39, 0.29) is 17.7 Å². The van der Waals surface area contributed by atoms with Crippen LogP contribution in [0.1, 0.15) is 12.5 Å². The van der Waals surface area contributed by atoms with Crippen LogP contribution in [-0.4, -0.2) is 44.1 Å². The summed E-state index contributed by atoms with van der Waals surface area (Å²) in [4.78, 5) is 11.8. The van der Waals surface area contributed by atoms with Gasteiger partial charge in [-0.2, -0.15) is 0 Å². The zero-order chi connectivity index (χ0) is 17.0. The van der Waals surface area contributed by atoms with Gasteiger partial charge in [0.15, 0.2) is 0 Å². The Balaban J connectivity index is 1.69. The number of carbonyl (C=O) groups is 1. The van der Waals surface area contributed by atoms with Crippen molar-refractivity contribution in [3.63, 3.8) is 0 Å². The molecule has 9 heteroatoms. The molecule has 1 aromatic rings. The number of nitrogens with one attached hydrogen (secondary N) is 2. The molecule has 2 rings (SSSR count). The summed E-state index contributed by atoms with van der Waals surface area (Å²) in [7, 11) is -3.11. The maximum atomic E-state index is 11.8. The number of hydrogen-bond acceptors (Lipinski definition) is 3. The van der Waals surface area contributed by atoms with E-state index in [1.807, 2.05) is 0 Å². The molecule has 0 unspecified atom stereocenters. The summed E-state index contributed by atoms with van der Waals surface area (Å²) in [5.41, 5.74) is 0.773. The number of carbonyl (C=O) groups excluding carboxylic acids is 1. The van der Waals surface area contributed by atoms with Crippen molar-refractivity contribution in [2.45, 2.75) is 13.5 Å². The Morgan fingerprint density at radius 3 is 2.61 bits per heavy atom. The second-order valence-corrected chi connectivity index (χ2v) is 8.48. The lowest BCUT2D eigenvalue weighted by atomic mass is 10.0. The molecule has 2 N–H and O–H groups in total. The molecule has 1 saturated heterocycles. The predicted molar refractivity (Wildman–Crippen MR) is 91.2 cm³/mol. The third-order valence-electron chi connectivity index (χ3n) is 3.69. The van der Waals surface area contributed by atoms with Gasteiger partial charge in [-0.25, -0.2) is 17.5 Å². The van der Waals surface area contributed by atoms with E-state index in [1.165, 1.54) is 4.31 Å². The van der Waals surface area contributed by atoms with E-state index in [9.17, 15) is 13.2 Å². The first-order valence-electron chi connectivity index (χ1n) is 7.25. The molecule has 0 bridgehead atoms. The second-order valence-electron chi connectivity index (χ2n) is 5.38. The fourth-order valence-corrected chi connectivity index (χ4v) is 3.92. The lowest BCUT2D eigenvalue weighted by Crippen LogP contribution is -2.54. The SMILES string of the molecule is CCS(=O)(=O)N1CC(CNC(=O)NCc2ccc(Cl)cc2Cl)C1. The zero-order valence-electron chi connectivity index (χ0n) is 12.7. The summed E-state index contributed by atoms with van der Waals surface area (Å²) in [6.45, 7) is 3.27. The first-order chi connectivity index (χ1) is 10.8. The third-order valence-corrected chi connectivity index (χ3v) is 6.09. The van der Waals surface area contributed by atoms with Crippen LogP contribution in [0.25, 0.3) is 0 Å². The van der Waals surface area contributed by atoms with E-state index in [4.69, 9.17) is 23.2 Å². The molecule has 0 aromatic heterocycles. The monoisotopic (exact) mass is 379 g/mol. The fourth-order valence-electron chi connectivity index (χ4n) is 2.20. The number of benzene rings is 1. The van der Waals surface area contributed by atoms with Crippen LogP contribution < -0.4 is 10.6 Å². The summed E-state index contributed by atoms with van der Waals surface area (Å²) < 4.78 is 24.6. The van der Waals surface area contributed by atoms with Crippen molar-refractivity contribution in [1.82, 2.24) is 14.9 Å². The Hall–Kier alpha value is -1.02. The maximum Gasteiger partial charge on any atom is 0.315 e. The first kappa shape index (κ1) is 18.3. The van der Waals surface area contributed by atoms with Crippen LogP contribution in [-0.2, 0) is 16.6 Å². The first-order valence-corrected chi connectivity index (χ1v) is 9.61. The van der Waals surface area contributed by atoms with Crippen molar-refractivity contribution in [2.75, 3.05) is 25.4 Å². The van der Waals surface area contributed by atoms with Crippen LogP contribution in [0.15, 0.2) is 18.2 Å². The van der Waals surface area contributed by atoms with E-state index < -0.39 is 10.0 Å². The van der Waals surface area contributed by atoms with Gasteiger partial charge in [-0.3, -0.25) is 0 Å². The van der Waals surface area contributed by atoms with Crippen LogP contribution in [0.3, 0.4) is 0 Å². The van der Waals surface area contributed by atoms with Crippen molar-refractivity contribution < 1.29 is 13.2 Å². The quantitative estimate of drug-likeness (QED) is 0.793. The van der Waals surface area contributed by atoms with Gasteiger partial charge in [0.2, 0.25) is 10.0 Å². The Morgan fingerprint density at radius 1 is 1.30 bits per heavy atom. The summed E-state index contributed by atoms with van der Waals surface area (Å²) >= 11 is 11.8. The van der Waals surface area contributed by atoms with Gasteiger partial charge in [0.1, 0.15) is 0 Å². The molecule has 0 saturated carbocycles. The van der Waals surface area contributed by atoms with E-state index in [2.05, 4.69) is 10.6 Å². The van der Waals surface area contributed by atoms with Crippen molar-refractivity contribution >= 4 is 39.3 Å². The Labute approximate surface area is 146 Å². The van der Waals surface area contributed by atoms with Crippen LogP contribution in [0, 0.1) is 5.92 Å². The molecule has 1 aromatic carbocycles. The van der Waals surface area contributed by atoms with Crippen LogP contribution in [0.4, 0.5) is 4.79 Å². The minimum absolute atomic E-state index is 0.107. The number of rotatable bonds is 6. The van der Waals surface area contributed by atoms with E-state index in [0.717, 1.165) is 5.56 Å². The topological polar surface area (TPSA) is 78.5 Å². The number of hydrogen-bond donors (Lipinski definition) is 2. The lowest BCUT2D eigenvalue weighted by Gasteiger charge is -2.37. The highest BCUT2D eigenvalue weighted by atomic mass is 35.5. The Bertz CT molecular complexity index is 676. The van der Waals surface area contributed by atoms with Gasteiger partial charge >= 0.3 is 6.03 Å². The number of halogens is 2. The third kappa shape index (κ3) is 4.97. The summed E-state index contributed by atoms with van der Waals surface area (Å²) in [5, 5.41) is 6.48. The smallest absolute Gasteiger partial charge is 0.315 e. The maximum absolute atomic E-state index is 11.8. The van der Waals surface area contributed by atoms with Gasteiger partial charge in [-0.05, 0) is 24.6 Å². The molecule has 0 atom stereocenters. The molecule has 1 fully saturated rings. The summed E-state index contributed by atoms with van der Waals surface area (Å²) in [6.07, 6.45) is 0. The molecule has 1 heterocycles. The van der Waals surface area contributed by atoms with Gasteiger partial charge in [0, 0.05) is 42.1 Å². The van der Waals surface area contributed by atoms with Gasteiger partial charge in [-0.15, -0.1) is 0 Å². The highest BCUT2D eigenvalue weighted by molar-refractivity contribution is 7.89. The minimum atomic E-state index is -3.11. The Morgan fingerprint density at radius 2 is 2.00 bits per heavy atom. The van der Waals surface area contributed by atoms with E-state index in [1.54, 1.807) is 25.1 Å². The molecule has 0 radical (unpaired) electrons. The molecular formula is C14H19Cl2N3O3S. The van der Waals surface area contributed by atoms with Crippen molar-refractivity contribution in [3.05, 3.63) is 33.8 Å². The van der Waals surface area contributed by atoms with Crippen molar-refractivity contribution in [2.24, 2.45) is 5.92 Å². The largest absolute Gasteiger partial charge is 0.338 e. The molecule has 128 valence electrons. The molecule has 1 aliphatic rings. The predicted octanol–water partition coefficient (Wildman–Crippen LogP) is 2.07. The average molecular weight is 380 g/mol. The van der Waals surface area contributed by atoms with Crippen molar-refractivity contribution in [1.29, 1.82) is 0 Å². The van der Waals surface area contributed by atoms with Gasteiger partial charge in [0.05, 0.1) is 5.75 Å². The number of sulfonamides is 1. The van der Waals surface area contributed by atoms with Crippen LogP contribution in [0.2, 0.25) is 10.0 Å². The lowest BCUT2D eigenvalue weighted by molar-refractivity contribution is 0.193. The highest BCUT2D eigenvalue weighted by Crippen LogP contribution is 2.21. The molecule has 6 nitrogen and oxygen atoms in total. The zero-order valence-corrected chi connectivity index (χ0v) is 15.0. The molecule has 23 heavy (non-hydrogen) atoms. The van der Waals surface area contributed by atoms with Crippen LogP contribution in [0.5, 0.6) is 0 Å². The van der Waals surface area contributed by atoms with Gasteiger partial charge < -0.3 is 10.6 Å². The van der Waals surface area contributed by atoms with E-state index in [0.29, 0.717) is 36.2 Å². The standard InChI is InChI=1S/C14H19Cl2N3O3S/c1-2-23(21,22)19-8-10(9-19)6-17-14(20)18-7-11-3-4-12(15)5-13(11)16/h3-5,10H,2,6-9H2,1H3,(H2,17,18,20). The summed E-state index contributed by atoms with van der Waals surface area (Å²) in [6, 6.07) is 4.77. The number of nitrogens with zero attached hydrogens (tertiary/aromatic N) is 1. The number of urea groups is 1. The van der Waals surface area contributed by atoms with Crippen LogP contribution >= 0.6 is 23.2 Å². The Kier molecular flexibility index (Phi) is 6.13. The van der Waals surface area contributed by atoms with Gasteiger partial charge in [-0.1, -0.05) is 29.3 Å². The molecular weight excluding hydrogens is 361 g/mol. The second kappa shape index (κ2) is 7.70.